The van der Waals surface area contributed by atoms with Gasteiger partial charge in [0.25, 0.3) is 0 Å². The lowest BCUT2D eigenvalue weighted by Gasteiger charge is -2.39. The SMILES string of the molecule is CCCCCCCCCCC(CCCCCCCCCC)(CCOC(CCCCCCCCCC)(CCCCCCCCCC)c1ccccc1)c1ccccc1. The van der Waals surface area contributed by atoms with E-state index in [0.29, 0.717) is 0 Å². The van der Waals surface area contributed by atoms with Crippen LogP contribution in [0.4, 0.5) is 0 Å². The smallest absolute Gasteiger partial charge is 0.0931 e. The normalized spacial score (nSPS) is 12.1. The van der Waals surface area contributed by atoms with Gasteiger partial charge in [-0.3, -0.25) is 0 Å². The molecule has 0 aliphatic carbocycles. The zero-order valence-electron chi connectivity index (χ0n) is 39.1. The molecule has 1 heteroatoms. The maximum Gasteiger partial charge on any atom is 0.0931 e. The molecule has 328 valence electrons. The topological polar surface area (TPSA) is 9.23 Å². The summed E-state index contributed by atoms with van der Waals surface area (Å²) >= 11 is 0. The predicted molar refractivity (Wildman–Crippen MR) is 256 cm³/mol. The second-order valence-electron chi connectivity index (χ2n) is 18.5. The molecule has 0 spiro atoms. The van der Waals surface area contributed by atoms with Gasteiger partial charge in [0.2, 0.25) is 0 Å². The van der Waals surface area contributed by atoms with Gasteiger partial charge in [0.05, 0.1) is 5.60 Å². The van der Waals surface area contributed by atoms with Gasteiger partial charge in [-0.15, -0.1) is 0 Å². The molecule has 2 rings (SSSR count). The minimum Gasteiger partial charge on any atom is -0.370 e. The molecule has 0 fully saturated rings. The lowest BCUT2D eigenvalue weighted by molar-refractivity contribution is -0.0735. The number of hydrogen-bond acceptors (Lipinski definition) is 1. The highest BCUT2D eigenvalue weighted by Gasteiger charge is 2.36. The summed E-state index contributed by atoms with van der Waals surface area (Å²) < 4.78 is 7.58. The van der Waals surface area contributed by atoms with E-state index >= 15 is 0 Å². The average molecular weight is 787 g/mol. The van der Waals surface area contributed by atoms with Gasteiger partial charge in [-0.25, -0.2) is 0 Å². The van der Waals surface area contributed by atoms with Gasteiger partial charge in [-0.05, 0) is 48.6 Å². The summed E-state index contributed by atoms with van der Waals surface area (Å²) in [6.07, 6.45) is 50.2. The molecule has 0 amide bonds. The quantitative estimate of drug-likeness (QED) is 0.0609. The molecule has 0 aromatic heterocycles. The van der Waals surface area contributed by atoms with Crippen LogP contribution in [-0.2, 0) is 15.8 Å². The molecule has 2 aromatic carbocycles. The number of rotatable bonds is 42. The number of benzene rings is 2. The summed E-state index contributed by atoms with van der Waals surface area (Å²) in [6, 6.07) is 23.3. The van der Waals surface area contributed by atoms with Crippen LogP contribution in [0.1, 0.15) is 276 Å². The average Bonchev–Trinajstić information content (AvgIpc) is 3.24. The van der Waals surface area contributed by atoms with Crippen LogP contribution < -0.4 is 0 Å². The molecule has 57 heavy (non-hydrogen) atoms. The largest absolute Gasteiger partial charge is 0.370 e. The zero-order valence-corrected chi connectivity index (χ0v) is 39.1. The van der Waals surface area contributed by atoms with Crippen molar-refractivity contribution in [3.05, 3.63) is 71.8 Å². The van der Waals surface area contributed by atoms with Crippen molar-refractivity contribution >= 4 is 0 Å². The van der Waals surface area contributed by atoms with Crippen LogP contribution in [0.25, 0.3) is 0 Å². The molecule has 0 aliphatic rings. The molecular weight excluding hydrogens is 689 g/mol. The Kier molecular flexibility index (Phi) is 32.8. The van der Waals surface area contributed by atoms with Crippen molar-refractivity contribution in [1.29, 1.82) is 0 Å². The Bertz CT molecular complexity index is 963. The fraction of sp³-hybridized carbons (Fsp3) is 0.786. The summed E-state index contributed by atoms with van der Waals surface area (Å²) in [5.41, 5.74) is 3.04. The van der Waals surface area contributed by atoms with Crippen LogP contribution in [0.15, 0.2) is 60.7 Å². The summed E-state index contributed by atoms with van der Waals surface area (Å²) in [4.78, 5) is 0. The molecule has 0 N–H and O–H groups in total. The second kappa shape index (κ2) is 36.3. The van der Waals surface area contributed by atoms with E-state index in [-0.39, 0.29) is 11.0 Å². The molecular formula is C56H98O. The van der Waals surface area contributed by atoms with Crippen molar-refractivity contribution in [1.82, 2.24) is 0 Å². The Morgan fingerprint density at radius 2 is 0.579 bits per heavy atom. The van der Waals surface area contributed by atoms with E-state index < -0.39 is 0 Å². The number of hydrogen-bond donors (Lipinski definition) is 0. The van der Waals surface area contributed by atoms with Crippen LogP contribution in [0, 0.1) is 0 Å². The Morgan fingerprint density at radius 1 is 0.298 bits per heavy atom. The fourth-order valence-corrected chi connectivity index (χ4v) is 9.71. The van der Waals surface area contributed by atoms with Gasteiger partial charge in [0, 0.05) is 6.61 Å². The van der Waals surface area contributed by atoms with Crippen LogP contribution in [0.2, 0.25) is 0 Å². The van der Waals surface area contributed by atoms with E-state index in [1.54, 1.807) is 5.56 Å². The molecule has 0 unspecified atom stereocenters. The van der Waals surface area contributed by atoms with E-state index in [0.717, 1.165) is 25.9 Å². The Hall–Kier alpha value is -1.60. The lowest BCUT2D eigenvalue weighted by atomic mass is 9.70. The summed E-state index contributed by atoms with van der Waals surface area (Å²) in [5.74, 6) is 0. The maximum atomic E-state index is 7.58. The van der Waals surface area contributed by atoms with Crippen LogP contribution in [0.3, 0.4) is 0 Å². The van der Waals surface area contributed by atoms with Crippen molar-refractivity contribution in [2.24, 2.45) is 0 Å². The highest BCUT2D eigenvalue weighted by atomic mass is 16.5. The fourth-order valence-electron chi connectivity index (χ4n) is 9.71. The van der Waals surface area contributed by atoms with Crippen LogP contribution >= 0.6 is 0 Å². The Labute approximate surface area is 358 Å². The highest BCUT2D eigenvalue weighted by Crippen LogP contribution is 2.42. The van der Waals surface area contributed by atoms with Gasteiger partial charge < -0.3 is 4.74 Å². The number of ether oxygens (including phenoxy) is 1. The monoisotopic (exact) mass is 787 g/mol. The minimum absolute atomic E-state index is 0.176. The highest BCUT2D eigenvalue weighted by molar-refractivity contribution is 5.26. The van der Waals surface area contributed by atoms with Crippen molar-refractivity contribution in [2.45, 2.75) is 276 Å². The second-order valence-corrected chi connectivity index (χ2v) is 18.5. The van der Waals surface area contributed by atoms with E-state index in [9.17, 15) is 0 Å². The molecule has 0 radical (unpaired) electrons. The third-order valence-electron chi connectivity index (χ3n) is 13.5. The van der Waals surface area contributed by atoms with E-state index in [2.05, 4.69) is 88.4 Å². The summed E-state index contributed by atoms with van der Waals surface area (Å²) in [5, 5.41) is 0. The van der Waals surface area contributed by atoms with E-state index in [1.165, 1.54) is 224 Å². The van der Waals surface area contributed by atoms with E-state index in [1.807, 2.05) is 0 Å². The zero-order chi connectivity index (χ0) is 40.8. The van der Waals surface area contributed by atoms with E-state index in [4.69, 9.17) is 4.74 Å². The van der Waals surface area contributed by atoms with Gasteiger partial charge in [0.15, 0.2) is 0 Å². The van der Waals surface area contributed by atoms with Crippen LogP contribution in [-0.4, -0.2) is 6.61 Å². The van der Waals surface area contributed by atoms with Crippen molar-refractivity contribution in [3.63, 3.8) is 0 Å². The minimum atomic E-state index is -0.176. The first-order chi connectivity index (χ1) is 28.2. The maximum absolute atomic E-state index is 7.58. The number of unbranched alkanes of at least 4 members (excludes halogenated alkanes) is 28. The molecule has 0 heterocycles. The Morgan fingerprint density at radius 3 is 0.912 bits per heavy atom. The van der Waals surface area contributed by atoms with Gasteiger partial charge >= 0.3 is 0 Å². The standard InChI is InChI=1S/C56H98O/c1-5-9-13-17-21-25-29-39-47-55(53-43-35-33-36-44-53,48-40-30-26-22-18-14-10-6-2)51-52-57-56(54-45-37-34-38-46-54,49-41-31-27-23-19-15-11-7-3)50-42-32-28-24-20-16-12-8-4/h33-38,43-46H,5-32,39-42,47-52H2,1-4H3. The predicted octanol–water partition coefficient (Wildman–Crippen LogP) is 19.3. The lowest BCUT2D eigenvalue weighted by Crippen LogP contribution is -2.34. The van der Waals surface area contributed by atoms with Gasteiger partial charge in [0.1, 0.15) is 0 Å². The Balaban J connectivity index is 2.26. The molecule has 0 saturated heterocycles. The summed E-state index contributed by atoms with van der Waals surface area (Å²) in [7, 11) is 0. The van der Waals surface area contributed by atoms with Crippen LogP contribution in [0.5, 0.6) is 0 Å². The van der Waals surface area contributed by atoms with Crippen molar-refractivity contribution < 1.29 is 4.74 Å². The molecule has 0 saturated carbocycles. The first kappa shape index (κ1) is 51.5. The van der Waals surface area contributed by atoms with Crippen molar-refractivity contribution in [2.75, 3.05) is 6.61 Å². The molecule has 0 aliphatic heterocycles. The molecule has 0 bridgehead atoms. The summed E-state index contributed by atoms with van der Waals surface area (Å²) in [6.45, 7) is 10.2. The third kappa shape index (κ3) is 24.3. The van der Waals surface area contributed by atoms with Gasteiger partial charge in [-0.1, -0.05) is 294 Å². The van der Waals surface area contributed by atoms with Crippen molar-refractivity contribution in [3.8, 4) is 0 Å². The molecule has 1 nitrogen and oxygen atoms in total. The first-order valence-corrected chi connectivity index (χ1v) is 25.9. The molecule has 2 aromatic rings. The first-order valence-electron chi connectivity index (χ1n) is 25.9. The molecule has 0 atom stereocenters. The van der Waals surface area contributed by atoms with Gasteiger partial charge in [-0.2, -0.15) is 0 Å². The third-order valence-corrected chi connectivity index (χ3v) is 13.5.